The number of ketones is 1. The lowest BCUT2D eigenvalue weighted by Crippen LogP contribution is -2.42. The highest BCUT2D eigenvalue weighted by molar-refractivity contribution is 7.81. The molecule has 0 radical (unpaired) electrons. The highest BCUT2D eigenvalue weighted by Crippen LogP contribution is 2.39. The number of hydrogen-bond donors (Lipinski definition) is 2. The van der Waals surface area contributed by atoms with Gasteiger partial charge in [0.1, 0.15) is 18.2 Å². The summed E-state index contributed by atoms with van der Waals surface area (Å²) in [6.07, 6.45) is 7.45. The molecule has 2 unspecified atom stereocenters. The van der Waals surface area contributed by atoms with Crippen molar-refractivity contribution in [1.29, 1.82) is 0 Å². The van der Waals surface area contributed by atoms with E-state index in [1.165, 1.54) is 6.07 Å². The van der Waals surface area contributed by atoms with Crippen LogP contribution in [0.25, 0.3) is 6.08 Å². The van der Waals surface area contributed by atoms with Crippen molar-refractivity contribution in [3.63, 3.8) is 0 Å². The summed E-state index contributed by atoms with van der Waals surface area (Å²) in [7, 11) is 0. The number of imidazole rings is 1. The van der Waals surface area contributed by atoms with Crippen LogP contribution in [0, 0.1) is 11.7 Å². The first-order chi connectivity index (χ1) is 14.4. The number of likely N-dealkylation sites (tertiary alicyclic amines) is 1. The molecule has 158 valence electrons. The minimum absolute atomic E-state index is 0.00484. The van der Waals surface area contributed by atoms with Crippen molar-refractivity contribution in [2.24, 2.45) is 5.92 Å². The monoisotopic (exact) mass is 429 g/mol. The topological polar surface area (TPSA) is 75.4 Å². The number of carbonyl (C=O) groups excluding carboxylic acids is 1. The lowest BCUT2D eigenvalue weighted by atomic mass is 9.93. The summed E-state index contributed by atoms with van der Waals surface area (Å²) in [5.74, 6) is -0.707. The van der Waals surface area contributed by atoms with E-state index < -0.39 is 12.0 Å². The van der Waals surface area contributed by atoms with E-state index in [9.17, 15) is 14.0 Å². The van der Waals surface area contributed by atoms with Crippen LogP contribution < -0.4 is 0 Å². The zero-order valence-corrected chi connectivity index (χ0v) is 17.3. The Kier molecular flexibility index (Phi) is 6.06. The van der Waals surface area contributed by atoms with Gasteiger partial charge in [0.2, 0.25) is 0 Å². The number of Topliss-reactive ketones (excluding diaryl/α,β-unsaturated/α-hetero) is 1. The summed E-state index contributed by atoms with van der Waals surface area (Å²) < 4.78 is 16.2. The number of thiol groups is 1. The van der Waals surface area contributed by atoms with Gasteiger partial charge in [-0.2, -0.15) is 12.6 Å². The van der Waals surface area contributed by atoms with Gasteiger partial charge in [0.15, 0.2) is 5.78 Å². The van der Waals surface area contributed by atoms with Crippen molar-refractivity contribution in [2.45, 2.75) is 37.1 Å². The molecule has 1 saturated carbocycles. The Morgan fingerprint density at radius 3 is 2.77 bits per heavy atom. The fourth-order valence-electron chi connectivity index (χ4n) is 3.98. The summed E-state index contributed by atoms with van der Waals surface area (Å²) in [6.45, 7) is 0.899. The van der Waals surface area contributed by atoms with E-state index >= 15 is 0 Å². The second kappa shape index (κ2) is 8.73. The number of carboxylic acid groups (broad SMARTS) is 1. The Bertz CT molecular complexity index is 986. The third kappa shape index (κ3) is 4.49. The Morgan fingerprint density at radius 2 is 2.07 bits per heavy atom. The molecule has 0 amide bonds. The van der Waals surface area contributed by atoms with Crippen LogP contribution in [-0.4, -0.2) is 49.6 Å². The van der Waals surface area contributed by atoms with Gasteiger partial charge in [-0.05, 0) is 37.0 Å². The van der Waals surface area contributed by atoms with Crippen LogP contribution in [0.15, 0.2) is 42.2 Å². The molecule has 2 heterocycles. The number of nitrogens with zero attached hydrogens (tertiary/aromatic N) is 3. The Hall–Kier alpha value is -2.45. The number of carbonyl (C=O) groups is 2. The van der Waals surface area contributed by atoms with Gasteiger partial charge < -0.3 is 9.67 Å². The molecule has 0 spiro atoms. The quantitative estimate of drug-likeness (QED) is 0.661. The Morgan fingerprint density at radius 1 is 1.30 bits per heavy atom. The summed E-state index contributed by atoms with van der Waals surface area (Å²) >= 11 is 4.69. The van der Waals surface area contributed by atoms with Crippen LogP contribution in [0.2, 0.25) is 0 Å². The van der Waals surface area contributed by atoms with Crippen molar-refractivity contribution >= 4 is 30.5 Å². The fourth-order valence-corrected chi connectivity index (χ4v) is 4.25. The van der Waals surface area contributed by atoms with Crippen LogP contribution in [0.5, 0.6) is 0 Å². The van der Waals surface area contributed by atoms with E-state index in [4.69, 9.17) is 5.11 Å². The van der Waals surface area contributed by atoms with Crippen molar-refractivity contribution in [3.8, 4) is 0 Å². The first-order valence-electron chi connectivity index (χ1n) is 10.1. The average molecular weight is 430 g/mol. The number of aliphatic carboxylic acids is 1. The predicted octanol–water partition coefficient (Wildman–Crippen LogP) is 3.21. The summed E-state index contributed by atoms with van der Waals surface area (Å²) in [4.78, 5) is 30.5. The third-order valence-corrected chi connectivity index (χ3v) is 6.28. The molecule has 0 bridgehead atoms. The van der Waals surface area contributed by atoms with Gasteiger partial charge in [-0.3, -0.25) is 14.5 Å². The van der Waals surface area contributed by atoms with E-state index in [-0.39, 0.29) is 29.3 Å². The molecule has 1 aliphatic carbocycles. The van der Waals surface area contributed by atoms with Crippen molar-refractivity contribution < 1.29 is 19.1 Å². The van der Waals surface area contributed by atoms with Crippen LogP contribution >= 0.6 is 12.6 Å². The summed E-state index contributed by atoms with van der Waals surface area (Å²) in [6, 6.07) is 5.85. The average Bonchev–Trinajstić information content (AvgIpc) is 3.48. The number of halogens is 1. The first-order valence-corrected chi connectivity index (χ1v) is 10.6. The van der Waals surface area contributed by atoms with Crippen LogP contribution in [-0.2, 0) is 16.1 Å². The number of aromatic nitrogens is 2. The summed E-state index contributed by atoms with van der Waals surface area (Å²) in [5, 5.41) is 9.05. The number of hydrogen-bond acceptors (Lipinski definition) is 5. The highest BCUT2D eigenvalue weighted by atomic mass is 32.1. The number of carboxylic acids is 1. The van der Waals surface area contributed by atoms with Crippen LogP contribution in [0.1, 0.15) is 36.7 Å². The van der Waals surface area contributed by atoms with Crippen molar-refractivity contribution in [3.05, 3.63) is 59.4 Å². The standard InChI is InChI=1S/C22H24FN3O3S/c23-17-4-2-1-3-16(17)21(22(29)14-5-6-14)26-9-7-18(30)15(12-26)11-19-24-8-10-25(19)13-20(27)28/h1-4,8,10-11,14,18,21,30H,5-7,9,12-13H2,(H,27,28). The maximum absolute atomic E-state index is 14.6. The largest absolute Gasteiger partial charge is 0.480 e. The first kappa shape index (κ1) is 20.8. The van der Waals surface area contributed by atoms with Gasteiger partial charge in [-0.1, -0.05) is 18.2 Å². The molecular weight excluding hydrogens is 405 g/mol. The second-order valence-corrected chi connectivity index (χ2v) is 8.53. The molecule has 1 aromatic heterocycles. The fraction of sp³-hybridized carbons (Fsp3) is 0.409. The molecule has 2 fully saturated rings. The Labute approximate surface area is 179 Å². The molecule has 6 nitrogen and oxygen atoms in total. The minimum Gasteiger partial charge on any atom is -0.480 e. The normalized spacial score (nSPS) is 22.2. The van der Waals surface area contributed by atoms with Gasteiger partial charge in [0.05, 0.1) is 6.04 Å². The number of piperidine rings is 1. The summed E-state index contributed by atoms with van der Waals surface area (Å²) in [5.41, 5.74) is 1.35. The molecule has 2 aliphatic rings. The lowest BCUT2D eigenvalue weighted by Gasteiger charge is -2.37. The molecule has 30 heavy (non-hydrogen) atoms. The van der Waals surface area contributed by atoms with E-state index in [0.29, 0.717) is 30.9 Å². The SMILES string of the molecule is O=C(O)Cn1ccnc1C=C1CN(C(C(=O)C2CC2)c2ccccc2F)CCC1S. The lowest BCUT2D eigenvalue weighted by molar-refractivity contribution is -0.137. The zero-order chi connectivity index (χ0) is 21.3. The third-order valence-electron chi connectivity index (χ3n) is 5.69. The molecule has 1 aromatic carbocycles. The Balaban J connectivity index is 1.64. The van der Waals surface area contributed by atoms with E-state index in [2.05, 4.69) is 17.6 Å². The molecule has 1 saturated heterocycles. The van der Waals surface area contributed by atoms with Crippen LogP contribution in [0.3, 0.4) is 0 Å². The maximum Gasteiger partial charge on any atom is 0.323 e. The molecular formula is C22H24FN3O3S. The number of rotatable bonds is 7. The smallest absolute Gasteiger partial charge is 0.323 e. The van der Waals surface area contributed by atoms with Gasteiger partial charge in [-0.15, -0.1) is 0 Å². The van der Waals surface area contributed by atoms with Crippen LogP contribution in [0.4, 0.5) is 4.39 Å². The molecule has 1 N–H and O–H groups in total. The zero-order valence-electron chi connectivity index (χ0n) is 16.4. The van der Waals surface area contributed by atoms with E-state index in [1.807, 2.05) is 11.0 Å². The molecule has 8 heteroatoms. The van der Waals surface area contributed by atoms with Gasteiger partial charge >= 0.3 is 5.97 Å². The van der Waals surface area contributed by atoms with Crippen molar-refractivity contribution in [1.82, 2.24) is 14.5 Å². The molecule has 1 aliphatic heterocycles. The van der Waals surface area contributed by atoms with Gasteiger partial charge in [0.25, 0.3) is 0 Å². The molecule has 2 atom stereocenters. The molecule has 2 aromatic rings. The van der Waals surface area contributed by atoms with Crippen molar-refractivity contribution in [2.75, 3.05) is 13.1 Å². The minimum atomic E-state index is -0.949. The highest BCUT2D eigenvalue weighted by Gasteiger charge is 2.40. The maximum atomic E-state index is 14.6. The molecule has 4 rings (SSSR count). The van der Waals surface area contributed by atoms with Gasteiger partial charge in [0, 0.05) is 42.2 Å². The van der Waals surface area contributed by atoms with E-state index in [1.54, 1.807) is 35.2 Å². The number of benzene rings is 1. The predicted molar refractivity (Wildman–Crippen MR) is 114 cm³/mol. The second-order valence-electron chi connectivity index (χ2n) is 7.90. The van der Waals surface area contributed by atoms with E-state index in [0.717, 1.165) is 18.4 Å². The van der Waals surface area contributed by atoms with Gasteiger partial charge in [-0.25, -0.2) is 9.37 Å².